The fourth-order valence-electron chi connectivity index (χ4n) is 1.45. The summed E-state index contributed by atoms with van der Waals surface area (Å²) in [6.45, 7) is 5.75. The zero-order valence-corrected chi connectivity index (χ0v) is 11.1. The number of ether oxygens (including phenoxy) is 1. The molecule has 0 aliphatic rings. The van der Waals surface area contributed by atoms with Crippen molar-refractivity contribution in [2.24, 2.45) is 0 Å². The predicted molar refractivity (Wildman–Crippen MR) is 69.0 cm³/mol. The zero-order chi connectivity index (χ0) is 13.5. The molecule has 18 heavy (non-hydrogen) atoms. The van der Waals surface area contributed by atoms with Crippen molar-refractivity contribution in [1.82, 2.24) is 5.32 Å². The normalized spacial score (nSPS) is 13.8. The highest BCUT2D eigenvalue weighted by molar-refractivity contribution is 5.81. The molecule has 0 saturated carbocycles. The lowest BCUT2D eigenvalue weighted by atomic mass is 10.2. The van der Waals surface area contributed by atoms with Gasteiger partial charge in [-0.15, -0.1) is 0 Å². The van der Waals surface area contributed by atoms with Gasteiger partial charge < -0.3 is 10.1 Å². The van der Waals surface area contributed by atoms with Crippen LogP contribution in [0.3, 0.4) is 0 Å². The number of hydrogen-bond donors (Lipinski definition) is 1. The first-order valence-corrected chi connectivity index (χ1v) is 6.30. The van der Waals surface area contributed by atoms with Gasteiger partial charge in [0.05, 0.1) is 0 Å². The highest BCUT2D eigenvalue weighted by Crippen LogP contribution is 2.18. The number of amides is 1. The summed E-state index contributed by atoms with van der Waals surface area (Å²) in [4.78, 5) is 11.9. The van der Waals surface area contributed by atoms with Gasteiger partial charge in [-0.2, -0.15) is 0 Å². The average molecular weight is 253 g/mol. The predicted octanol–water partition coefficient (Wildman–Crippen LogP) is 2.90. The summed E-state index contributed by atoms with van der Waals surface area (Å²) < 4.78 is 18.8. The molecule has 1 N–H and O–H groups in total. The first-order chi connectivity index (χ1) is 8.58. The maximum atomic E-state index is 13.4. The Bertz CT molecular complexity index is 395. The van der Waals surface area contributed by atoms with Crippen molar-refractivity contribution < 1.29 is 13.9 Å². The molecule has 0 heterocycles. The SMILES string of the molecule is CCC(C)NC(=O)C(CC)Oc1ccccc1F. The summed E-state index contributed by atoms with van der Waals surface area (Å²) in [6, 6.07) is 6.19. The molecule has 100 valence electrons. The molecular weight excluding hydrogens is 233 g/mol. The Kier molecular flexibility index (Phi) is 5.62. The van der Waals surface area contributed by atoms with Gasteiger partial charge in [-0.1, -0.05) is 26.0 Å². The number of hydrogen-bond acceptors (Lipinski definition) is 2. The third-order valence-corrected chi connectivity index (χ3v) is 2.77. The van der Waals surface area contributed by atoms with E-state index in [4.69, 9.17) is 4.74 Å². The van der Waals surface area contributed by atoms with Crippen LogP contribution in [0.25, 0.3) is 0 Å². The van der Waals surface area contributed by atoms with Crippen molar-refractivity contribution in [3.8, 4) is 5.75 Å². The van der Waals surface area contributed by atoms with Gasteiger partial charge in [-0.25, -0.2) is 4.39 Å². The maximum absolute atomic E-state index is 13.4. The molecule has 2 atom stereocenters. The van der Waals surface area contributed by atoms with Gasteiger partial charge in [0.15, 0.2) is 17.7 Å². The number of rotatable bonds is 6. The first-order valence-electron chi connectivity index (χ1n) is 6.30. The van der Waals surface area contributed by atoms with Crippen molar-refractivity contribution in [3.63, 3.8) is 0 Å². The molecule has 0 spiro atoms. The molecule has 0 radical (unpaired) electrons. The smallest absolute Gasteiger partial charge is 0.261 e. The van der Waals surface area contributed by atoms with Crippen LogP contribution in [0, 0.1) is 5.82 Å². The summed E-state index contributed by atoms with van der Waals surface area (Å²) in [7, 11) is 0. The van der Waals surface area contributed by atoms with Gasteiger partial charge >= 0.3 is 0 Å². The van der Waals surface area contributed by atoms with Gasteiger partial charge in [-0.3, -0.25) is 4.79 Å². The van der Waals surface area contributed by atoms with Crippen molar-refractivity contribution in [2.75, 3.05) is 0 Å². The topological polar surface area (TPSA) is 38.3 Å². The Balaban J connectivity index is 2.67. The van der Waals surface area contributed by atoms with Crippen molar-refractivity contribution in [3.05, 3.63) is 30.1 Å². The monoisotopic (exact) mass is 253 g/mol. The van der Waals surface area contributed by atoms with E-state index in [2.05, 4.69) is 5.32 Å². The Hall–Kier alpha value is -1.58. The summed E-state index contributed by atoms with van der Waals surface area (Å²) in [5.41, 5.74) is 0. The molecule has 0 fully saturated rings. The van der Waals surface area contributed by atoms with E-state index in [1.807, 2.05) is 20.8 Å². The molecule has 0 bridgehead atoms. The van der Waals surface area contributed by atoms with Crippen LogP contribution < -0.4 is 10.1 Å². The fraction of sp³-hybridized carbons (Fsp3) is 0.500. The lowest BCUT2D eigenvalue weighted by Gasteiger charge is -2.20. The molecule has 0 aliphatic heterocycles. The summed E-state index contributed by atoms with van der Waals surface area (Å²) in [5.74, 6) is -0.536. The van der Waals surface area contributed by atoms with E-state index in [0.29, 0.717) is 6.42 Å². The van der Waals surface area contributed by atoms with Crippen molar-refractivity contribution in [1.29, 1.82) is 0 Å². The number of carbonyl (C=O) groups excluding carboxylic acids is 1. The highest BCUT2D eigenvalue weighted by Gasteiger charge is 2.20. The van der Waals surface area contributed by atoms with Crippen LogP contribution in [0.15, 0.2) is 24.3 Å². The van der Waals surface area contributed by atoms with E-state index in [1.165, 1.54) is 12.1 Å². The lowest BCUT2D eigenvalue weighted by Crippen LogP contribution is -2.42. The Morgan fingerprint density at radius 1 is 1.33 bits per heavy atom. The average Bonchev–Trinajstić information content (AvgIpc) is 2.37. The molecule has 2 unspecified atom stereocenters. The largest absolute Gasteiger partial charge is 0.478 e. The molecule has 1 amide bonds. The minimum atomic E-state index is -0.657. The van der Waals surface area contributed by atoms with E-state index in [0.717, 1.165) is 6.42 Å². The summed E-state index contributed by atoms with van der Waals surface area (Å²) in [6.07, 6.45) is 0.689. The van der Waals surface area contributed by atoms with Crippen LogP contribution in [0.4, 0.5) is 4.39 Å². The number of carbonyl (C=O) groups is 1. The van der Waals surface area contributed by atoms with Crippen LogP contribution in [-0.2, 0) is 4.79 Å². The second-order valence-corrected chi connectivity index (χ2v) is 4.26. The van der Waals surface area contributed by atoms with Crippen LogP contribution in [0.2, 0.25) is 0 Å². The summed E-state index contributed by atoms with van der Waals surface area (Å²) in [5, 5.41) is 2.83. The third kappa shape index (κ3) is 4.02. The quantitative estimate of drug-likeness (QED) is 0.846. The molecule has 0 saturated heterocycles. The summed E-state index contributed by atoms with van der Waals surface area (Å²) >= 11 is 0. The standard InChI is InChI=1S/C14H20FNO2/c1-4-10(3)16-14(17)12(5-2)18-13-9-7-6-8-11(13)15/h6-10,12H,4-5H2,1-3H3,(H,16,17). The second kappa shape index (κ2) is 6.99. The maximum Gasteiger partial charge on any atom is 0.261 e. The van der Waals surface area contributed by atoms with Crippen molar-refractivity contribution in [2.45, 2.75) is 45.8 Å². The Morgan fingerprint density at radius 2 is 2.00 bits per heavy atom. The molecule has 0 aromatic heterocycles. The van der Waals surface area contributed by atoms with Crippen LogP contribution >= 0.6 is 0 Å². The molecule has 1 aromatic carbocycles. The fourth-order valence-corrected chi connectivity index (χ4v) is 1.45. The van der Waals surface area contributed by atoms with Gasteiger partial charge in [0.2, 0.25) is 0 Å². The van der Waals surface area contributed by atoms with Crippen molar-refractivity contribution >= 4 is 5.91 Å². The number of nitrogens with one attached hydrogen (secondary N) is 1. The third-order valence-electron chi connectivity index (χ3n) is 2.77. The van der Waals surface area contributed by atoms with Gasteiger partial charge in [-0.05, 0) is 31.9 Å². The van der Waals surface area contributed by atoms with E-state index in [9.17, 15) is 9.18 Å². The lowest BCUT2D eigenvalue weighted by molar-refractivity contribution is -0.128. The molecule has 3 nitrogen and oxygen atoms in total. The van der Waals surface area contributed by atoms with Crippen LogP contribution in [0.1, 0.15) is 33.6 Å². The molecule has 1 aromatic rings. The minimum Gasteiger partial charge on any atom is -0.478 e. The van der Waals surface area contributed by atoms with Gasteiger partial charge in [0.1, 0.15) is 0 Å². The second-order valence-electron chi connectivity index (χ2n) is 4.26. The Morgan fingerprint density at radius 3 is 2.56 bits per heavy atom. The van der Waals surface area contributed by atoms with Gasteiger partial charge in [0.25, 0.3) is 5.91 Å². The first kappa shape index (κ1) is 14.5. The molecule has 0 aliphatic carbocycles. The minimum absolute atomic E-state index is 0.0933. The van der Waals surface area contributed by atoms with E-state index >= 15 is 0 Å². The van der Waals surface area contributed by atoms with E-state index in [1.54, 1.807) is 12.1 Å². The zero-order valence-electron chi connectivity index (χ0n) is 11.1. The molecule has 4 heteroatoms. The van der Waals surface area contributed by atoms with E-state index < -0.39 is 11.9 Å². The molecular formula is C14H20FNO2. The highest BCUT2D eigenvalue weighted by atomic mass is 19.1. The number of halogens is 1. The van der Waals surface area contributed by atoms with Crippen LogP contribution in [0.5, 0.6) is 5.75 Å². The Labute approximate surface area is 107 Å². The molecule has 1 rings (SSSR count). The van der Waals surface area contributed by atoms with Gasteiger partial charge in [0, 0.05) is 6.04 Å². The number of benzene rings is 1. The van der Waals surface area contributed by atoms with E-state index in [-0.39, 0.29) is 17.7 Å². The number of para-hydroxylation sites is 1. The van der Waals surface area contributed by atoms with Crippen LogP contribution in [-0.4, -0.2) is 18.1 Å².